The summed E-state index contributed by atoms with van der Waals surface area (Å²) in [5.41, 5.74) is 1.68. The van der Waals surface area contributed by atoms with Crippen LogP contribution in [0.3, 0.4) is 0 Å². The first-order valence-corrected chi connectivity index (χ1v) is 7.81. The maximum atomic E-state index is 12.6. The molecule has 1 aliphatic rings. The lowest BCUT2D eigenvalue weighted by atomic mass is 10.1. The molecule has 118 valence electrons. The third-order valence-corrected chi connectivity index (χ3v) is 4.53. The number of hydrogen-bond acceptors (Lipinski definition) is 5. The predicted molar refractivity (Wildman–Crippen MR) is 85.9 cm³/mol. The van der Waals surface area contributed by atoms with Crippen molar-refractivity contribution in [1.82, 2.24) is 19.4 Å². The molecule has 1 atom stereocenters. The van der Waals surface area contributed by atoms with Crippen molar-refractivity contribution >= 4 is 10.9 Å². The van der Waals surface area contributed by atoms with Crippen molar-refractivity contribution in [3.05, 3.63) is 58.8 Å². The van der Waals surface area contributed by atoms with Crippen LogP contribution < -0.4 is 5.56 Å². The van der Waals surface area contributed by atoms with E-state index in [1.807, 2.05) is 31.3 Å². The molecule has 1 aliphatic heterocycles. The predicted octanol–water partition coefficient (Wildman–Crippen LogP) is 2.26. The molecule has 0 N–H and O–H groups in total. The minimum absolute atomic E-state index is 0.0129. The van der Waals surface area contributed by atoms with E-state index in [4.69, 9.17) is 9.40 Å². The molecule has 1 aromatic carbocycles. The number of para-hydroxylation sites is 1. The fourth-order valence-electron chi connectivity index (χ4n) is 3.36. The number of benzene rings is 1. The van der Waals surface area contributed by atoms with E-state index in [-0.39, 0.29) is 11.6 Å². The van der Waals surface area contributed by atoms with Crippen LogP contribution in [0.15, 0.2) is 46.1 Å². The number of likely N-dealkylation sites (tertiary alicyclic amines) is 1. The van der Waals surface area contributed by atoms with E-state index in [0.29, 0.717) is 11.9 Å². The summed E-state index contributed by atoms with van der Waals surface area (Å²) in [6.45, 7) is 1.68. The van der Waals surface area contributed by atoms with Crippen molar-refractivity contribution in [1.29, 1.82) is 0 Å². The lowest BCUT2D eigenvalue weighted by Crippen LogP contribution is -2.30. The van der Waals surface area contributed by atoms with Crippen molar-refractivity contribution in [2.24, 2.45) is 7.05 Å². The van der Waals surface area contributed by atoms with Crippen LogP contribution in [0.2, 0.25) is 0 Å². The Morgan fingerprint density at radius 2 is 2.22 bits per heavy atom. The van der Waals surface area contributed by atoms with E-state index >= 15 is 0 Å². The fourth-order valence-corrected chi connectivity index (χ4v) is 3.36. The number of nitrogens with zero attached hydrogens (tertiary/aromatic N) is 4. The Kier molecular flexibility index (Phi) is 3.46. The van der Waals surface area contributed by atoms with Crippen LogP contribution in [0.5, 0.6) is 0 Å². The molecule has 1 fully saturated rings. The fraction of sp³-hybridized carbons (Fsp3) is 0.353. The van der Waals surface area contributed by atoms with Crippen LogP contribution in [0.1, 0.15) is 30.4 Å². The molecule has 0 radical (unpaired) electrons. The Labute approximate surface area is 133 Å². The summed E-state index contributed by atoms with van der Waals surface area (Å²) in [6.07, 6.45) is 5.20. The third kappa shape index (κ3) is 2.45. The molecule has 6 heteroatoms. The second-order valence-electron chi connectivity index (χ2n) is 5.96. The number of fused-ring (bicyclic) bond motifs is 1. The van der Waals surface area contributed by atoms with Gasteiger partial charge in [0.05, 0.1) is 22.6 Å². The van der Waals surface area contributed by atoms with Crippen LogP contribution in [0, 0.1) is 0 Å². The molecule has 0 saturated carbocycles. The lowest BCUT2D eigenvalue weighted by Gasteiger charge is -2.24. The summed E-state index contributed by atoms with van der Waals surface area (Å²) in [7, 11) is 1.81. The van der Waals surface area contributed by atoms with Gasteiger partial charge in [0.25, 0.3) is 5.56 Å². The molecule has 0 aliphatic carbocycles. The minimum atomic E-state index is 0.0129. The monoisotopic (exact) mass is 310 g/mol. The van der Waals surface area contributed by atoms with Gasteiger partial charge in [-0.25, -0.2) is 9.97 Å². The quantitative estimate of drug-likeness (QED) is 0.742. The molecule has 1 saturated heterocycles. The summed E-state index contributed by atoms with van der Waals surface area (Å²) in [5.74, 6) is 0.828. The van der Waals surface area contributed by atoms with Crippen LogP contribution >= 0.6 is 0 Å². The molecule has 3 aromatic rings. The first-order valence-electron chi connectivity index (χ1n) is 7.81. The van der Waals surface area contributed by atoms with Crippen molar-refractivity contribution in [3.8, 4) is 0 Å². The second kappa shape index (κ2) is 5.62. The van der Waals surface area contributed by atoms with Gasteiger partial charge in [-0.3, -0.25) is 14.3 Å². The van der Waals surface area contributed by atoms with E-state index in [2.05, 4.69) is 9.88 Å². The number of oxazole rings is 1. The van der Waals surface area contributed by atoms with Crippen molar-refractivity contribution in [2.75, 3.05) is 6.54 Å². The van der Waals surface area contributed by atoms with Crippen molar-refractivity contribution < 1.29 is 4.42 Å². The van der Waals surface area contributed by atoms with Crippen molar-refractivity contribution in [3.63, 3.8) is 0 Å². The zero-order valence-corrected chi connectivity index (χ0v) is 13.0. The molecule has 2 aromatic heterocycles. The molecular weight excluding hydrogens is 292 g/mol. The highest BCUT2D eigenvalue weighted by Gasteiger charge is 2.30. The largest absolute Gasteiger partial charge is 0.451 e. The Balaban J connectivity index is 1.75. The maximum absolute atomic E-state index is 12.6. The average molecular weight is 310 g/mol. The standard InChI is InChI=1S/C17H18N4O2/c1-20-16(19-14-6-3-2-5-13(14)17(20)22)15-7-4-8-21(15)9-12-10-23-11-18-12/h2-3,5-6,10-11,15H,4,7-9H2,1H3. The maximum Gasteiger partial charge on any atom is 0.261 e. The molecular formula is C17H18N4O2. The Morgan fingerprint density at radius 1 is 1.35 bits per heavy atom. The SMILES string of the molecule is Cn1c(C2CCCN2Cc2cocn2)nc2ccccc2c1=O. The number of aromatic nitrogens is 3. The molecule has 4 rings (SSSR count). The second-order valence-corrected chi connectivity index (χ2v) is 5.96. The van der Waals surface area contributed by atoms with Crippen LogP contribution in [0.4, 0.5) is 0 Å². The van der Waals surface area contributed by atoms with Gasteiger partial charge in [0.15, 0.2) is 6.39 Å². The highest BCUT2D eigenvalue weighted by Crippen LogP contribution is 2.31. The molecule has 0 amide bonds. The van der Waals surface area contributed by atoms with Gasteiger partial charge in [0.2, 0.25) is 0 Å². The molecule has 23 heavy (non-hydrogen) atoms. The summed E-state index contributed by atoms with van der Waals surface area (Å²) in [6, 6.07) is 7.65. The van der Waals surface area contributed by atoms with E-state index in [0.717, 1.165) is 36.4 Å². The van der Waals surface area contributed by atoms with Gasteiger partial charge in [-0.15, -0.1) is 0 Å². The molecule has 0 spiro atoms. The van der Waals surface area contributed by atoms with E-state index < -0.39 is 0 Å². The topological polar surface area (TPSA) is 64.2 Å². The summed E-state index contributed by atoms with van der Waals surface area (Å²) in [5, 5.41) is 0.666. The normalized spacial score (nSPS) is 18.7. The molecule has 3 heterocycles. The first kappa shape index (κ1) is 14.1. The highest BCUT2D eigenvalue weighted by molar-refractivity contribution is 5.77. The van der Waals surface area contributed by atoms with Gasteiger partial charge < -0.3 is 4.42 Å². The van der Waals surface area contributed by atoms with Crippen LogP contribution in [-0.2, 0) is 13.6 Å². The van der Waals surface area contributed by atoms with Crippen molar-refractivity contribution in [2.45, 2.75) is 25.4 Å². The van der Waals surface area contributed by atoms with Gasteiger partial charge in [-0.05, 0) is 31.5 Å². The highest BCUT2D eigenvalue weighted by atomic mass is 16.3. The summed E-state index contributed by atoms with van der Waals surface area (Å²) in [4.78, 5) is 23.9. The molecule has 6 nitrogen and oxygen atoms in total. The number of hydrogen-bond donors (Lipinski definition) is 0. The Bertz CT molecular complexity index is 885. The Hall–Kier alpha value is -2.47. The smallest absolute Gasteiger partial charge is 0.261 e. The van der Waals surface area contributed by atoms with E-state index in [9.17, 15) is 4.79 Å². The Morgan fingerprint density at radius 3 is 3.04 bits per heavy atom. The third-order valence-electron chi connectivity index (χ3n) is 4.53. The van der Waals surface area contributed by atoms with E-state index in [1.54, 1.807) is 10.8 Å². The zero-order chi connectivity index (χ0) is 15.8. The van der Waals surface area contributed by atoms with E-state index in [1.165, 1.54) is 6.39 Å². The minimum Gasteiger partial charge on any atom is -0.451 e. The van der Waals surface area contributed by atoms with Crippen LogP contribution in [0.25, 0.3) is 10.9 Å². The lowest BCUT2D eigenvalue weighted by molar-refractivity contribution is 0.232. The van der Waals surface area contributed by atoms with Gasteiger partial charge >= 0.3 is 0 Å². The number of rotatable bonds is 3. The van der Waals surface area contributed by atoms with Gasteiger partial charge in [-0.1, -0.05) is 12.1 Å². The summed E-state index contributed by atoms with van der Waals surface area (Å²) < 4.78 is 6.75. The van der Waals surface area contributed by atoms with Gasteiger partial charge in [0, 0.05) is 13.6 Å². The molecule has 1 unspecified atom stereocenters. The molecule has 0 bridgehead atoms. The van der Waals surface area contributed by atoms with Crippen LogP contribution in [-0.4, -0.2) is 26.0 Å². The summed E-state index contributed by atoms with van der Waals surface area (Å²) >= 11 is 0. The zero-order valence-electron chi connectivity index (χ0n) is 13.0. The first-order chi connectivity index (χ1) is 11.2. The average Bonchev–Trinajstić information content (AvgIpc) is 3.23. The van der Waals surface area contributed by atoms with Gasteiger partial charge in [0.1, 0.15) is 12.1 Å². The van der Waals surface area contributed by atoms with Gasteiger partial charge in [-0.2, -0.15) is 0 Å².